The summed E-state index contributed by atoms with van der Waals surface area (Å²) in [5.74, 6) is 0. The molecule has 0 saturated heterocycles. The van der Waals surface area contributed by atoms with E-state index in [0.717, 1.165) is 13.0 Å². The fourth-order valence-corrected chi connectivity index (χ4v) is 1.23. The molecule has 0 heterocycles. The van der Waals surface area contributed by atoms with Crippen molar-refractivity contribution in [3.8, 4) is 0 Å². The molecule has 0 aliphatic carbocycles. The summed E-state index contributed by atoms with van der Waals surface area (Å²) in [6, 6.07) is 0.419. The Bertz CT molecular complexity index is 124. The fraction of sp³-hybridized carbons (Fsp3) is 0.800. The zero-order chi connectivity index (χ0) is 9.61. The molecule has 0 aromatic carbocycles. The van der Waals surface area contributed by atoms with Crippen LogP contribution in [0.1, 0.15) is 27.2 Å². The van der Waals surface area contributed by atoms with Crippen LogP contribution in [0, 0.1) is 5.41 Å². The van der Waals surface area contributed by atoms with E-state index in [4.69, 9.17) is 5.73 Å². The number of rotatable bonds is 5. The van der Waals surface area contributed by atoms with Gasteiger partial charge in [0.05, 0.1) is 0 Å². The monoisotopic (exact) mass is 170 g/mol. The Morgan fingerprint density at radius 3 is 2.42 bits per heavy atom. The SMILES string of the molecule is C=CCNC(CN)CC(C)(C)C. The molecular weight excluding hydrogens is 148 g/mol. The second-order valence-corrected chi connectivity index (χ2v) is 4.39. The Labute approximate surface area is 76.2 Å². The molecule has 0 radical (unpaired) electrons. The van der Waals surface area contributed by atoms with Crippen LogP contribution in [-0.2, 0) is 0 Å². The van der Waals surface area contributed by atoms with Crippen molar-refractivity contribution in [2.75, 3.05) is 13.1 Å². The Hall–Kier alpha value is -0.340. The minimum absolute atomic E-state index is 0.345. The van der Waals surface area contributed by atoms with Crippen molar-refractivity contribution in [3.05, 3.63) is 12.7 Å². The van der Waals surface area contributed by atoms with Crippen LogP contribution in [0.4, 0.5) is 0 Å². The highest BCUT2D eigenvalue weighted by molar-refractivity contribution is 4.79. The molecule has 72 valence electrons. The van der Waals surface area contributed by atoms with E-state index in [9.17, 15) is 0 Å². The van der Waals surface area contributed by atoms with Gasteiger partial charge >= 0.3 is 0 Å². The molecule has 0 aromatic heterocycles. The average Bonchev–Trinajstić information content (AvgIpc) is 1.95. The zero-order valence-corrected chi connectivity index (χ0v) is 8.56. The molecule has 0 rings (SSSR count). The van der Waals surface area contributed by atoms with Crippen LogP contribution >= 0.6 is 0 Å². The molecule has 0 bridgehead atoms. The average molecular weight is 170 g/mol. The van der Waals surface area contributed by atoms with E-state index in [1.54, 1.807) is 0 Å². The smallest absolute Gasteiger partial charge is 0.0198 e. The van der Waals surface area contributed by atoms with Crippen molar-refractivity contribution < 1.29 is 0 Å². The van der Waals surface area contributed by atoms with Crippen molar-refractivity contribution in [2.24, 2.45) is 11.1 Å². The number of nitrogens with one attached hydrogen (secondary N) is 1. The van der Waals surface area contributed by atoms with E-state index in [2.05, 4.69) is 32.7 Å². The number of nitrogens with two attached hydrogens (primary N) is 1. The highest BCUT2D eigenvalue weighted by atomic mass is 14.9. The summed E-state index contributed by atoms with van der Waals surface area (Å²) in [5, 5.41) is 3.33. The van der Waals surface area contributed by atoms with Crippen molar-refractivity contribution >= 4 is 0 Å². The van der Waals surface area contributed by atoms with Gasteiger partial charge in [-0.3, -0.25) is 0 Å². The maximum Gasteiger partial charge on any atom is 0.0198 e. The summed E-state index contributed by atoms with van der Waals surface area (Å²) >= 11 is 0. The maximum absolute atomic E-state index is 5.62. The molecule has 0 amide bonds. The van der Waals surface area contributed by atoms with Crippen molar-refractivity contribution in [2.45, 2.75) is 33.2 Å². The summed E-state index contributed by atoms with van der Waals surface area (Å²) in [7, 11) is 0. The molecule has 0 aliphatic rings. The minimum Gasteiger partial charge on any atom is -0.329 e. The van der Waals surface area contributed by atoms with Gasteiger partial charge in [0.25, 0.3) is 0 Å². The predicted octanol–water partition coefficient (Wildman–Crippen LogP) is 1.53. The third-order valence-corrected chi connectivity index (χ3v) is 1.69. The summed E-state index contributed by atoms with van der Waals surface area (Å²) in [4.78, 5) is 0. The van der Waals surface area contributed by atoms with Crippen molar-refractivity contribution in [3.63, 3.8) is 0 Å². The molecule has 12 heavy (non-hydrogen) atoms. The largest absolute Gasteiger partial charge is 0.329 e. The van der Waals surface area contributed by atoms with E-state index in [0.29, 0.717) is 18.0 Å². The zero-order valence-electron chi connectivity index (χ0n) is 8.56. The van der Waals surface area contributed by atoms with Gasteiger partial charge in [-0.1, -0.05) is 26.8 Å². The molecule has 1 atom stereocenters. The quantitative estimate of drug-likeness (QED) is 0.614. The van der Waals surface area contributed by atoms with Crippen LogP contribution in [-0.4, -0.2) is 19.1 Å². The standard InChI is InChI=1S/C10H22N2/c1-5-6-12-9(8-11)7-10(2,3)4/h5,9,12H,1,6-8,11H2,2-4H3. The summed E-state index contributed by atoms with van der Waals surface area (Å²) in [6.45, 7) is 11.9. The minimum atomic E-state index is 0.345. The highest BCUT2D eigenvalue weighted by Gasteiger charge is 2.16. The highest BCUT2D eigenvalue weighted by Crippen LogP contribution is 2.20. The first-order valence-electron chi connectivity index (χ1n) is 4.54. The van der Waals surface area contributed by atoms with Gasteiger partial charge in [0, 0.05) is 19.1 Å². The summed E-state index contributed by atoms with van der Waals surface area (Å²) in [6.07, 6.45) is 2.97. The van der Waals surface area contributed by atoms with Gasteiger partial charge in [0.1, 0.15) is 0 Å². The van der Waals surface area contributed by atoms with E-state index >= 15 is 0 Å². The van der Waals surface area contributed by atoms with Gasteiger partial charge in [0.15, 0.2) is 0 Å². The summed E-state index contributed by atoms with van der Waals surface area (Å²) in [5.41, 5.74) is 5.97. The van der Waals surface area contributed by atoms with E-state index in [1.165, 1.54) is 0 Å². The first-order chi connectivity index (χ1) is 5.49. The molecule has 2 heteroatoms. The number of hydrogen-bond acceptors (Lipinski definition) is 2. The van der Waals surface area contributed by atoms with E-state index in [1.807, 2.05) is 6.08 Å². The van der Waals surface area contributed by atoms with E-state index < -0.39 is 0 Å². The molecule has 0 saturated carbocycles. The van der Waals surface area contributed by atoms with Crippen LogP contribution in [0.25, 0.3) is 0 Å². The first-order valence-corrected chi connectivity index (χ1v) is 4.54. The lowest BCUT2D eigenvalue weighted by molar-refractivity contribution is 0.316. The molecule has 0 spiro atoms. The van der Waals surface area contributed by atoms with Crippen molar-refractivity contribution in [1.82, 2.24) is 5.32 Å². The maximum atomic E-state index is 5.62. The Kier molecular flexibility index (Phi) is 5.18. The molecule has 0 aliphatic heterocycles. The van der Waals surface area contributed by atoms with Gasteiger partial charge in [-0.2, -0.15) is 0 Å². The van der Waals surface area contributed by atoms with E-state index in [-0.39, 0.29) is 0 Å². The third kappa shape index (κ3) is 6.38. The fourth-order valence-electron chi connectivity index (χ4n) is 1.23. The topological polar surface area (TPSA) is 38.0 Å². The molecule has 0 fully saturated rings. The molecule has 3 N–H and O–H groups in total. The van der Waals surface area contributed by atoms with Gasteiger partial charge in [-0.05, 0) is 11.8 Å². The molecule has 1 unspecified atom stereocenters. The first kappa shape index (κ1) is 11.7. The van der Waals surface area contributed by atoms with Crippen LogP contribution < -0.4 is 11.1 Å². The van der Waals surface area contributed by atoms with Crippen LogP contribution in [0.3, 0.4) is 0 Å². The normalized spacial score (nSPS) is 14.3. The Morgan fingerprint density at radius 1 is 1.50 bits per heavy atom. The predicted molar refractivity (Wildman–Crippen MR) is 55.1 cm³/mol. The molecular formula is C10H22N2. The van der Waals surface area contributed by atoms with Gasteiger partial charge in [-0.25, -0.2) is 0 Å². The lowest BCUT2D eigenvalue weighted by atomic mass is 9.88. The molecule has 2 nitrogen and oxygen atoms in total. The molecule has 0 aromatic rings. The van der Waals surface area contributed by atoms with Crippen LogP contribution in [0.2, 0.25) is 0 Å². The Morgan fingerprint density at radius 2 is 2.08 bits per heavy atom. The summed E-state index contributed by atoms with van der Waals surface area (Å²) < 4.78 is 0. The number of hydrogen-bond donors (Lipinski definition) is 2. The van der Waals surface area contributed by atoms with Crippen molar-refractivity contribution in [1.29, 1.82) is 0 Å². The lowest BCUT2D eigenvalue weighted by Crippen LogP contribution is -2.39. The Balaban J connectivity index is 3.74. The van der Waals surface area contributed by atoms with Gasteiger partial charge in [0.2, 0.25) is 0 Å². The third-order valence-electron chi connectivity index (χ3n) is 1.69. The lowest BCUT2D eigenvalue weighted by Gasteiger charge is -2.25. The second kappa shape index (κ2) is 5.33. The van der Waals surface area contributed by atoms with Gasteiger partial charge < -0.3 is 11.1 Å². The van der Waals surface area contributed by atoms with Crippen LogP contribution in [0.5, 0.6) is 0 Å². The second-order valence-electron chi connectivity index (χ2n) is 4.39. The van der Waals surface area contributed by atoms with Gasteiger partial charge in [-0.15, -0.1) is 6.58 Å². The van der Waals surface area contributed by atoms with Crippen LogP contribution in [0.15, 0.2) is 12.7 Å².